The van der Waals surface area contributed by atoms with Gasteiger partial charge in [-0.3, -0.25) is 4.90 Å². The van der Waals surface area contributed by atoms with E-state index in [0.717, 1.165) is 30.8 Å². The van der Waals surface area contributed by atoms with Crippen molar-refractivity contribution >= 4 is 23.6 Å². The number of rotatable bonds is 3. The fourth-order valence-corrected chi connectivity index (χ4v) is 3.87. The third-order valence-electron chi connectivity index (χ3n) is 3.79. The second kappa shape index (κ2) is 5.19. The zero-order valence-electron chi connectivity index (χ0n) is 11.2. The predicted molar refractivity (Wildman–Crippen MR) is 79.8 cm³/mol. The van der Waals surface area contributed by atoms with E-state index < -0.39 is 0 Å². The van der Waals surface area contributed by atoms with Crippen LogP contribution in [0.25, 0.3) is 0 Å². The lowest BCUT2D eigenvalue weighted by atomic mass is 9.98. The van der Waals surface area contributed by atoms with E-state index in [-0.39, 0.29) is 0 Å². The average Bonchev–Trinajstić information content (AvgIpc) is 3.00. The molecule has 0 amide bonds. The van der Waals surface area contributed by atoms with Crippen LogP contribution >= 0.6 is 23.6 Å². The number of aryl methyl sites for hydroxylation is 1. The molecule has 1 atom stereocenters. The van der Waals surface area contributed by atoms with Gasteiger partial charge in [-0.25, -0.2) is 4.68 Å². The lowest BCUT2D eigenvalue weighted by Crippen LogP contribution is -2.36. The summed E-state index contributed by atoms with van der Waals surface area (Å²) >= 11 is 7.26. The number of thiophene rings is 1. The minimum absolute atomic E-state index is 0.499. The second-order valence-electron chi connectivity index (χ2n) is 4.95. The Bertz CT molecular complexity index is 625. The first-order chi connectivity index (χ1) is 9.20. The summed E-state index contributed by atoms with van der Waals surface area (Å²) in [6.45, 7) is 4.12. The maximum absolute atomic E-state index is 5.37. The molecule has 0 aliphatic carbocycles. The van der Waals surface area contributed by atoms with Gasteiger partial charge in [-0.1, -0.05) is 6.92 Å². The summed E-state index contributed by atoms with van der Waals surface area (Å²) in [5.41, 5.74) is 1.50. The fourth-order valence-electron chi connectivity index (χ4n) is 2.79. The van der Waals surface area contributed by atoms with Gasteiger partial charge in [0.15, 0.2) is 4.77 Å². The molecule has 6 heteroatoms. The number of aromatic nitrogens is 3. The monoisotopic (exact) mass is 294 g/mol. The van der Waals surface area contributed by atoms with E-state index in [1.165, 1.54) is 5.56 Å². The molecule has 102 valence electrons. The number of hydrogen-bond acceptors (Lipinski definition) is 4. The van der Waals surface area contributed by atoms with E-state index >= 15 is 0 Å². The van der Waals surface area contributed by atoms with Crippen molar-refractivity contribution in [2.45, 2.75) is 32.5 Å². The van der Waals surface area contributed by atoms with E-state index in [0.29, 0.717) is 6.04 Å². The molecule has 2 aromatic rings. The van der Waals surface area contributed by atoms with Crippen molar-refractivity contribution in [1.82, 2.24) is 19.2 Å². The largest absolute Gasteiger partial charge is 0.310 e. The first kappa shape index (κ1) is 13.0. The van der Waals surface area contributed by atoms with Crippen LogP contribution in [0.1, 0.15) is 29.8 Å². The van der Waals surface area contributed by atoms with Crippen molar-refractivity contribution in [1.29, 1.82) is 0 Å². The van der Waals surface area contributed by atoms with Crippen molar-refractivity contribution in [3.63, 3.8) is 0 Å². The fraction of sp³-hybridized carbons (Fsp3) is 0.538. The van der Waals surface area contributed by atoms with E-state index in [9.17, 15) is 0 Å². The molecule has 1 aliphatic heterocycles. The van der Waals surface area contributed by atoms with Crippen LogP contribution in [0.3, 0.4) is 0 Å². The van der Waals surface area contributed by atoms with Crippen molar-refractivity contribution in [3.05, 3.63) is 33.0 Å². The molecule has 0 N–H and O–H groups in total. The van der Waals surface area contributed by atoms with Gasteiger partial charge in [0.1, 0.15) is 6.33 Å². The topological polar surface area (TPSA) is 26.0 Å². The smallest absolute Gasteiger partial charge is 0.198 e. The molecule has 0 fully saturated rings. The van der Waals surface area contributed by atoms with Gasteiger partial charge in [-0.05, 0) is 42.1 Å². The van der Waals surface area contributed by atoms with Crippen LogP contribution in [0, 0.1) is 4.77 Å². The highest BCUT2D eigenvalue weighted by atomic mass is 32.1. The Labute approximate surface area is 122 Å². The van der Waals surface area contributed by atoms with Gasteiger partial charge >= 0.3 is 0 Å². The maximum Gasteiger partial charge on any atom is 0.198 e. The highest BCUT2D eigenvalue weighted by molar-refractivity contribution is 7.71. The van der Waals surface area contributed by atoms with Crippen LogP contribution in [0.4, 0.5) is 0 Å². The molecule has 4 nitrogen and oxygen atoms in total. The lowest BCUT2D eigenvalue weighted by Gasteiger charge is -2.35. The Morgan fingerprint density at radius 2 is 2.37 bits per heavy atom. The lowest BCUT2D eigenvalue weighted by molar-refractivity contribution is 0.129. The summed E-state index contributed by atoms with van der Waals surface area (Å²) in [5, 5.41) is 6.57. The summed E-state index contributed by atoms with van der Waals surface area (Å²) in [5.74, 6) is 0. The predicted octanol–water partition coefficient (Wildman–Crippen LogP) is 2.98. The van der Waals surface area contributed by atoms with E-state index in [2.05, 4.69) is 28.4 Å². The van der Waals surface area contributed by atoms with E-state index in [1.807, 2.05) is 27.6 Å². The molecule has 2 aromatic heterocycles. The molecule has 3 rings (SSSR count). The Hall–Kier alpha value is -0.980. The van der Waals surface area contributed by atoms with Crippen LogP contribution in [0.15, 0.2) is 17.8 Å². The zero-order valence-corrected chi connectivity index (χ0v) is 12.9. The molecule has 0 bridgehead atoms. The Morgan fingerprint density at radius 3 is 3.05 bits per heavy atom. The first-order valence-electron chi connectivity index (χ1n) is 6.59. The molecular formula is C13H18N4S2. The molecule has 3 heterocycles. The van der Waals surface area contributed by atoms with Crippen molar-refractivity contribution in [2.24, 2.45) is 7.05 Å². The minimum atomic E-state index is 0.499. The van der Waals surface area contributed by atoms with Crippen LogP contribution in [0.2, 0.25) is 0 Å². The molecule has 0 saturated heterocycles. The van der Waals surface area contributed by atoms with Gasteiger partial charge < -0.3 is 4.57 Å². The molecule has 1 aliphatic rings. The summed E-state index contributed by atoms with van der Waals surface area (Å²) in [6, 6.07) is 2.77. The summed E-state index contributed by atoms with van der Waals surface area (Å²) in [4.78, 5) is 4.03. The quantitative estimate of drug-likeness (QED) is 0.814. The molecule has 19 heavy (non-hydrogen) atoms. The van der Waals surface area contributed by atoms with Crippen LogP contribution in [-0.4, -0.2) is 25.8 Å². The number of fused-ring (bicyclic) bond motifs is 1. The Balaban J connectivity index is 1.86. The molecule has 0 saturated carbocycles. The van der Waals surface area contributed by atoms with Crippen LogP contribution in [0.5, 0.6) is 0 Å². The van der Waals surface area contributed by atoms with Crippen molar-refractivity contribution in [3.8, 4) is 0 Å². The first-order valence-corrected chi connectivity index (χ1v) is 7.88. The Kier molecular flexibility index (Phi) is 3.56. The summed E-state index contributed by atoms with van der Waals surface area (Å²) < 4.78 is 4.58. The van der Waals surface area contributed by atoms with Crippen molar-refractivity contribution < 1.29 is 0 Å². The van der Waals surface area contributed by atoms with Gasteiger partial charge in [0.05, 0.1) is 6.67 Å². The minimum Gasteiger partial charge on any atom is -0.310 e. The normalized spacial score (nSPS) is 19.6. The van der Waals surface area contributed by atoms with Gasteiger partial charge in [0, 0.05) is 24.5 Å². The van der Waals surface area contributed by atoms with E-state index in [1.54, 1.807) is 11.2 Å². The van der Waals surface area contributed by atoms with Gasteiger partial charge in [0.25, 0.3) is 0 Å². The zero-order chi connectivity index (χ0) is 13.4. The average molecular weight is 294 g/mol. The number of hydrogen-bond donors (Lipinski definition) is 0. The third-order valence-corrected chi connectivity index (χ3v) is 5.29. The maximum atomic E-state index is 5.37. The highest BCUT2D eigenvalue weighted by Crippen LogP contribution is 2.35. The van der Waals surface area contributed by atoms with E-state index in [4.69, 9.17) is 12.2 Å². The SMILES string of the molecule is CCC1c2ccsc2CCN1Cn1ncn(C)c1=S. The molecule has 0 radical (unpaired) electrons. The molecular weight excluding hydrogens is 276 g/mol. The molecule has 0 aromatic carbocycles. The molecule has 0 spiro atoms. The number of nitrogens with zero attached hydrogens (tertiary/aromatic N) is 4. The van der Waals surface area contributed by atoms with Crippen molar-refractivity contribution in [2.75, 3.05) is 6.54 Å². The highest BCUT2D eigenvalue weighted by Gasteiger charge is 2.27. The summed E-state index contributed by atoms with van der Waals surface area (Å²) in [7, 11) is 1.94. The van der Waals surface area contributed by atoms with Gasteiger partial charge in [-0.15, -0.1) is 11.3 Å². The summed E-state index contributed by atoms with van der Waals surface area (Å²) in [6.07, 6.45) is 4.05. The second-order valence-corrected chi connectivity index (χ2v) is 6.32. The standard InChI is InChI=1S/C13H18N4S2/c1-3-11-10-5-7-19-12(10)4-6-16(11)9-17-13(18)15(2)8-14-17/h5,7-8,11H,3-4,6,9H2,1-2H3. The van der Waals surface area contributed by atoms with Gasteiger partial charge in [0.2, 0.25) is 0 Å². The van der Waals surface area contributed by atoms with Crippen LogP contribution < -0.4 is 0 Å². The molecule has 1 unspecified atom stereocenters. The Morgan fingerprint density at radius 1 is 1.53 bits per heavy atom. The van der Waals surface area contributed by atoms with Gasteiger partial charge in [-0.2, -0.15) is 5.10 Å². The van der Waals surface area contributed by atoms with Crippen LogP contribution in [-0.2, 0) is 20.1 Å². The third kappa shape index (κ3) is 2.28.